The van der Waals surface area contributed by atoms with Gasteiger partial charge in [-0.15, -0.1) is 5.10 Å². The van der Waals surface area contributed by atoms with Crippen molar-refractivity contribution in [2.24, 2.45) is 0 Å². The number of hydrogen-bond donors (Lipinski definition) is 1. The molecule has 0 saturated carbocycles. The second-order valence-electron chi connectivity index (χ2n) is 11.2. The predicted octanol–water partition coefficient (Wildman–Crippen LogP) is 5.69. The Morgan fingerprint density at radius 2 is 1.88 bits per heavy atom. The van der Waals surface area contributed by atoms with Crippen molar-refractivity contribution in [2.45, 2.75) is 64.6 Å². The van der Waals surface area contributed by atoms with Crippen molar-refractivity contribution in [1.82, 2.24) is 24.5 Å². The minimum absolute atomic E-state index is 0.0134. The van der Waals surface area contributed by atoms with Gasteiger partial charge in [-0.05, 0) is 58.7 Å². The van der Waals surface area contributed by atoms with Crippen LogP contribution in [-0.4, -0.2) is 63.0 Å². The number of likely N-dealkylation sites (tertiary alicyclic amines) is 1. The summed E-state index contributed by atoms with van der Waals surface area (Å²) < 4.78 is 47.1. The van der Waals surface area contributed by atoms with Crippen LogP contribution in [0.25, 0.3) is 16.6 Å². The van der Waals surface area contributed by atoms with E-state index in [-0.39, 0.29) is 41.0 Å². The SMILES string of the molecule is COc1ccc(CNc2nc3c(F)cc(F)cc3c3nc([C@@H]4CC[C@H](C)N(C(=O)OC(C)(C)C)C4)nn23)c(OC)c1. The standard InChI is InChI=1S/C29H34F2N6O4/c1-16-7-8-18(15-36(16)28(38)41-29(2,3)4)25-34-26-21-11-19(30)12-22(31)24(21)33-27(37(26)35-25)32-14-17-9-10-20(39-5)13-23(17)40-6/h9-13,16,18H,7-8,14-15H2,1-6H3,(H,32,33)/t16-,18+/m0/s1. The molecule has 2 aromatic heterocycles. The van der Waals surface area contributed by atoms with Crippen LogP contribution in [0.4, 0.5) is 19.5 Å². The Hall–Kier alpha value is -4.22. The van der Waals surface area contributed by atoms with Crippen LogP contribution in [0, 0.1) is 11.6 Å². The highest BCUT2D eigenvalue weighted by Crippen LogP contribution is 2.32. The molecule has 1 saturated heterocycles. The third kappa shape index (κ3) is 5.82. The van der Waals surface area contributed by atoms with E-state index in [2.05, 4.69) is 10.3 Å². The quantitative estimate of drug-likeness (QED) is 0.317. The lowest BCUT2D eigenvalue weighted by molar-refractivity contribution is 0.00938. The summed E-state index contributed by atoms with van der Waals surface area (Å²) in [6, 6.07) is 7.39. The summed E-state index contributed by atoms with van der Waals surface area (Å²) in [5.41, 5.74) is 0.402. The number of ether oxygens (including phenoxy) is 3. The van der Waals surface area contributed by atoms with Crippen molar-refractivity contribution in [1.29, 1.82) is 0 Å². The number of amides is 1. The van der Waals surface area contributed by atoms with Gasteiger partial charge < -0.3 is 24.4 Å². The highest BCUT2D eigenvalue weighted by atomic mass is 19.1. The van der Waals surface area contributed by atoms with Crippen LogP contribution in [0.2, 0.25) is 0 Å². The molecule has 1 aliphatic rings. The fourth-order valence-corrected chi connectivity index (χ4v) is 5.01. The van der Waals surface area contributed by atoms with Crippen LogP contribution in [0.3, 0.4) is 0 Å². The Bertz CT molecular complexity index is 1600. The third-order valence-electron chi connectivity index (χ3n) is 7.12. The number of piperidine rings is 1. The maximum absolute atomic E-state index is 14.9. The van der Waals surface area contributed by atoms with Gasteiger partial charge in [0.15, 0.2) is 17.3 Å². The molecule has 1 fully saturated rings. The largest absolute Gasteiger partial charge is 0.497 e. The highest BCUT2D eigenvalue weighted by Gasteiger charge is 2.34. The van der Waals surface area contributed by atoms with Crippen molar-refractivity contribution < 1.29 is 27.8 Å². The summed E-state index contributed by atoms with van der Waals surface area (Å²) in [5.74, 6) is 0.164. The molecular weight excluding hydrogens is 534 g/mol. The first-order valence-corrected chi connectivity index (χ1v) is 13.5. The van der Waals surface area contributed by atoms with Gasteiger partial charge in [-0.3, -0.25) is 0 Å². The van der Waals surface area contributed by atoms with Crippen LogP contribution in [-0.2, 0) is 11.3 Å². The molecule has 1 aliphatic heterocycles. The number of carbonyl (C=O) groups excluding carboxylic acids is 1. The second-order valence-corrected chi connectivity index (χ2v) is 11.2. The molecule has 5 rings (SSSR count). The number of anilines is 1. The van der Waals surface area contributed by atoms with Crippen LogP contribution in [0.15, 0.2) is 30.3 Å². The topological polar surface area (TPSA) is 103 Å². The van der Waals surface area contributed by atoms with Crippen LogP contribution in [0.1, 0.15) is 57.8 Å². The van der Waals surface area contributed by atoms with E-state index in [1.165, 1.54) is 10.6 Å². The summed E-state index contributed by atoms with van der Waals surface area (Å²) in [6.07, 6.45) is 1.06. The summed E-state index contributed by atoms with van der Waals surface area (Å²) in [6.45, 7) is 8.09. The third-order valence-corrected chi connectivity index (χ3v) is 7.12. The number of rotatable bonds is 6. The minimum atomic E-state index is -0.806. The maximum Gasteiger partial charge on any atom is 0.410 e. The lowest BCUT2D eigenvalue weighted by atomic mass is 9.93. The predicted molar refractivity (Wildman–Crippen MR) is 149 cm³/mol. The molecular formula is C29H34F2N6O4. The van der Waals surface area contributed by atoms with Crippen LogP contribution in [0.5, 0.6) is 11.5 Å². The van der Waals surface area contributed by atoms with E-state index in [1.807, 2.05) is 33.8 Å². The van der Waals surface area contributed by atoms with Gasteiger partial charge in [0.25, 0.3) is 0 Å². The molecule has 0 bridgehead atoms. The van der Waals surface area contributed by atoms with Gasteiger partial charge in [-0.25, -0.2) is 23.5 Å². The van der Waals surface area contributed by atoms with E-state index in [4.69, 9.17) is 24.3 Å². The first-order chi connectivity index (χ1) is 19.5. The molecule has 12 heteroatoms. The Morgan fingerprint density at radius 1 is 1.10 bits per heavy atom. The molecule has 2 atom stereocenters. The number of aromatic nitrogens is 4. The molecule has 4 aromatic rings. The lowest BCUT2D eigenvalue weighted by Gasteiger charge is -2.37. The van der Waals surface area contributed by atoms with Crippen molar-refractivity contribution in [2.75, 3.05) is 26.1 Å². The number of fused-ring (bicyclic) bond motifs is 3. The molecule has 0 aliphatic carbocycles. The average Bonchev–Trinajstić information content (AvgIpc) is 3.37. The van der Waals surface area contributed by atoms with Crippen molar-refractivity contribution >= 4 is 28.6 Å². The zero-order valence-corrected chi connectivity index (χ0v) is 24.0. The Labute approximate surface area is 236 Å². The van der Waals surface area contributed by atoms with Gasteiger partial charge in [0, 0.05) is 42.7 Å². The molecule has 10 nitrogen and oxygen atoms in total. The van der Waals surface area contributed by atoms with Crippen LogP contribution < -0.4 is 14.8 Å². The summed E-state index contributed by atoms with van der Waals surface area (Å²) in [7, 11) is 3.13. The zero-order valence-electron chi connectivity index (χ0n) is 24.0. The summed E-state index contributed by atoms with van der Waals surface area (Å²) >= 11 is 0. The summed E-state index contributed by atoms with van der Waals surface area (Å²) in [5, 5.41) is 8.13. The van der Waals surface area contributed by atoms with Gasteiger partial charge in [-0.1, -0.05) is 0 Å². The number of benzene rings is 2. The average molecular weight is 569 g/mol. The number of nitrogens with zero attached hydrogens (tertiary/aromatic N) is 5. The highest BCUT2D eigenvalue weighted by molar-refractivity contribution is 5.92. The summed E-state index contributed by atoms with van der Waals surface area (Å²) in [4.78, 5) is 23.8. The van der Waals surface area contributed by atoms with E-state index >= 15 is 0 Å². The Balaban J connectivity index is 1.53. The first-order valence-electron chi connectivity index (χ1n) is 13.5. The molecule has 3 heterocycles. The number of hydrogen-bond acceptors (Lipinski definition) is 8. The van der Waals surface area contributed by atoms with Gasteiger partial charge >= 0.3 is 6.09 Å². The van der Waals surface area contributed by atoms with Crippen molar-refractivity contribution in [3.8, 4) is 11.5 Å². The molecule has 218 valence electrons. The normalized spacial score (nSPS) is 17.6. The van der Waals surface area contributed by atoms with Gasteiger partial charge in [0.05, 0.1) is 19.6 Å². The van der Waals surface area contributed by atoms with E-state index in [0.717, 1.165) is 24.5 Å². The molecule has 1 amide bonds. The minimum Gasteiger partial charge on any atom is -0.497 e. The molecule has 0 spiro atoms. The van der Waals surface area contributed by atoms with Crippen LogP contribution >= 0.6 is 0 Å². The number of halogens is 2. The monoisotopic (exact) mass is 568 g/mol. The van der Waals surface area contributed by atoms with Gasteiger partial charge in [-0.2, -0.15) is 4.52 Å². The molecule has 41 heavy (non-hydrogen) atoms. The Kier molecular flexibility index (Phi) is 7.58. The maximum atomic E-state index is 14.9. The molecule has 0 unspecified atom stereocenters. The smallest absolute Gasteiger partial charge is 0.410 e. The number of carbonyl (C=O) groups is 1. The molecule has 1 N–H and O–H groups in total. The van der Waals surface area contributed by atoms with Crippen molar-refractivity contribution in [3.63, 3.8) is 0 Å². The van der Waals surface area contributed by atoms with E-state index in [9.17, 15) is 13.6 Å². The van der Waals surface area contributed by atoms with Gasteiger partial charge in [0.1, 0.15) is 28.4 Å². The molecule has 0 radical (unpaired) electrons. The van der Waals surface area contributed by atoms with Gasteiger partial charge in [0.2, 0.25) is 5.95 Å². The number of methoxy groups -OCH3 is 2. The zero-order chi connectivity index (χ0) is 29.5. The number of nitrogens with one attached hydrogen (secondary N) is 1. The Morgan fingerprint density at radius 3 is 2.59 bits per heavy atom. The first kappa shape index (κ1) is 28.3. The van der Waals surface area contributed by atoms with E-state index in [0.29, 0.717) is 23.9 Å². The van der Waals surface area contributed by atoms with E-state index in [1.54, 1.807) is 31.3 Å². The van der Waals surface area contributed by atoms with Crippen molar-refractivity contribution in [3.05, 3.63) is 53.4 Å². The van der Waals surface area contributed by atoms with E-state index < -0.39 is 23.3 Å². The fourth-order valence-electron chi connectivity index (χ4n) is 5.01. The lowest BCUT2D eigenvalue weighted by Crippen LogP contribution is -2.47. The second kappa shape index (κ2) is 11.0. The fraction of sp³-hybridized carbons (Fsp3) is 0.448. The molecule has 2 aromatic carbocycles.